The summed E-state index contributed by atoms with van der Waals surface area (Å²) in [6.45, 7) is 5.42. The standard InChI is InChI=1S/C26H27F2N5O2S/c1-15(2)26-31-24(32-35-26)16-5-7-33(8-6-16)25-20-13-18(27)12-19(23(20)29-14-30-25)17-3-4-22(21(28)11-17)36-10-9-34/h3-4,11-16,34H,5-10H2,1-2H3. The number of thioether (sulfide) groups is 1. The van der Waals surface area contributed by atoms with Gasteiger partial charge in [0.15, 0.2) is 5.82 Å². The number of fused-ring (bicyclic) bond motifs is 1. The van der Waals surface area contributed by atoms with Crippen molar-refractivity contribution in [3.05, 3.63) is 60.0 Å². The third kappa shape index (κ3) is 4.92. The number of benzene rings is 2. The number of piperidine rings is 1. The highest BCUT2D eigenvalue weighted by molar-refractivity contribution is 7.99. The molecule has 1 N–H and O–H groups in total. The molecule has 0 atom stereocenters. The Hall–Kier alpha value is -3.11. The highest BCUT2D eigenvalue weighted by Crippen LogP contribution is 2.36. The molecule has 0 aliphatic carbocycles. The van der Waals surface area contributed by atoms with E-state index in [0.717, 1.165) is 18.7 Å². The van der Waals surface area contributed by atoms with E-state index in [9.17, 15) is 8.78 Å². The average Bonchev–Trinajstić information content (AvgIpc) is 3.38. The molecular formula is C26H27F2N5O2S. The van der Waals surface area contributed by atoms with Crippen molar-refractivity contribution in [2.24, 2.45) is 0 Å². The Morgan fingerprint density at radius 1 is 1.14 bits per heavy atom. The van der Waals surface area contributed by atoms with Crippen LogP contribution in [0, 0.1) is 11.6 Å². The topological polar surface area (TPSA) is 88.2 Å². The SMILES string of the molecule is CC(C)c1nc(C2CCN(c3ncnc4c(-c5ccc(SCCO)c(F)c5)cc(F)cc34)CC2)no1. The molecule has 3 heterocycles. The molecule has 36 heavy (non-hydrogen) atoms. The van der Waals surface area contributed by atoms with Gasteiger partial charge < -0.3 is 14.5 Å². The predicted octanol–water partition coefficient (Wildman–Crippen LogP) is 5.55. The Morgan fingerprint density at radius 2 is 1.94 bits per heavy atom. The highest BCUT2D eigenvalue weighted by atomic mass is 32.2. The maximum Gasteiger partial charge on any atom is 0.229 e. The van der Waals surface area contributed by atoms with Gasteiger partial charge in [0.05, 0.1) is 12.1 Å². The average molecular weight is 512 g/mol. The van der Waals surface area contributed by atoms with Crippen LogP contribution in [0.1, 0.15) is 50.2 Å². The van der Waals surface area contributed by atoms with Crippen LogP contribution >= 0.6 is 11.8 Å². The van der Waals surface area contributed by atoms with Crippen molar-refractivity contribution >= 4 is 28.5 Å². The summed E-state index contributed by atoms with van der Waals surface area (Å²) in [5.41, 5.74) is 1.61. The first kappa shape index (κ1) is 24.6. The first-order valence-corrected chi connectivity index (χ1v) is 13.0. The second-order valence-electron chi connectivity index (χ2n) is 9.17. The van der Waals surface area contributed by atoms with Gasteiger partial charge in [-0.1, -0.05) is 25.1 Å². The summed E-state index contributed by atoms with van der Waals surface area (Å²) in [4.78, 5) is 16.1. The van der Waals surface area contributed by atoms with Gasteiger partial charge in [0.25, 0.3) is 0 Å². The van der Waals surface area contributed by atoms with Crippen LogP contribution in [0.3, 0.4) is 0 Å². The van der Waals surface area contributed by atoms with Crippen LogP contribution in [0.25, 0.3) is 22.0 Å². The molecule has 2 aromatic carbocycles. The van der Waals surface area contributed by atoms with Crippen LogP contribution in [0.5, 0.6) is 0 Å². The Bertz CT molecular complexity index is 1370. The summed E-state index contributed by atoms with van der Waals surface area (Å²) in [5.74, 6) is 1.98. The van der Waals surface area contributed by atoms with Gasteiger partial charge in [-0.2, -0.15) is 4.98 Å². The number of aromatic nitrogens is 4. The van der Waals surface area contributed by atoms with E-state index >= 15 is 0 Å². The number of rotatable bonds is 7. The van der Waals surface area contributed by atoms with Crippen molar-refractivity contribution in [1.29, 1.82) is 0 Å². The first-order valence-electron chi connectivity index (χ1n) is 12.0. The highest BCUT2D eigenvalue weighted by Gasteiger charge is 2.27. The maximum atomic E-state index is 14.8. The molecule has 0 spiro atoms. The number of aliphatic hydroxyl groups is 1. The molecule has 0 radical (unpaired) electrons. The molecule has 2 aromatic heterocycles. The molecule has 0 unspecified atom stereocenters. The van der Waals surface area contributed by atoms with E-state index in [-0.39, 0.29) is 18.4 Å². The fraction of sp³-hybridized carbons (Fsp3) is 0.385. The van der Waals surface area contributed by atoms with Crippen molar-refractivity contribution in [2.75, 3.05) is 30.3 Å². The largest absolute Gasteiger partial charge is 0.396 e. The summed E-state index contributed by atoms with van der Waals surface area (Å²) in [7, 11) is 0. The number of anilines is 1. The molecule has 0 saturated carbocycles. The van der Waals surface area contributed by atoms with Crippen LogP contribution in [-0.4, -0.2) is 50.7 Å². The molecule has 1 saturated heterocycles. The Labute approximate surface area is 212 Å². The number of halogens is 2. The lowest BCUT2D eigenvalue weighted by Crippen LogP contribution is -2.34. The third-order valence-corrected chi connectivity index (χ3v) is 7.41. The number of nitrogens with zero attached hydrogens (tertiary/aromatic N) is 5. The van der Waals surface area contributed by atoms with Crippen molar-refractivity contribution in [2.45, 2.75) is 43.4 Å². The zero-order valence-corrected chi connectivity index (χ0v) is 20.9. The molecule has 5 rings (SSSR count). The lowest BCUT2D eigenvalue weighted by Gasteiger charge is -2.32. The van der Waals surface area contributed by atoms with E-state index in [4.69, 9.17) is 9.63 Å². The van der Waals surface area contributed by atoms with Gasteiger partial charge in [-0.15, -0.1) is 11.8 Å². The van der Waals surface area contributed by atoms with Crippen LogP contribution in [-0.2, 0) is 0 Å². The molecule has 1 fully saturated rings. The fourth-order valence-corrected chi connectivity index (χ4v) is 5.20. The van der Waals surface area contributed by atoms with Crippen LogP contribution in [0.2, 0.25) is 0 Å². The molecule has 1 aliphatic rings. The van der Waals surface area contributed by atoms with E-state index in [1.807, 2.05) is 13.8 Å². The summed E-state index contributed by atoms with van der Waals surface area (Å²) in [6, 6.07) is 7.61. The van der Waals surface area contributed by atoms with Crippen molar-refractivity contribution in [3.8, 4) is 11.1 Å². The molecule has 7 nitrogen and oxygen atoms in total. The van der Waals surface area contributed by atoms with Crippen molar-refractivity contribution in [1.82, 2.24) is 20.1 Å². The van der Waals surface area contributed by atoms with E-state index in [1.165, 1.54) is 36.3 Å². The minimum absolute atomic E-state index is 0.0363. The zero-order valence-electron chi connectivity index (χ0n) is 20.1. The number of hydrogen-bond acceptors (Lipinski definition) is 8. The number of hydrogen-bond donors (Lipinski definition) is 1. The van der Waals surface area contributed by atoms with E-state index in [1.54, 1.807) is 12.1 Å². The predicted molar refractivity (Wildman–Crippen MR) is 135 cm³/mol. The fourth-order valence-electron chi connectivity index (χ4n) is 4.53. The first-order chi connectivity index (χ1) is 17.4. The van der Waals surface area contributed by atoms with E-state index in [2.05, 4.69) is 25.0 Å². The maximum absolute atomic E-state index is 14.8. The zero-order chi connectivity index (χ0) is 25.2. The normalized spacial score (nSPS) is 14.8. The van der Waals surface area contributed by atoms with Crippen molar-refractivity contribution < 1.29 is 18.4 Å². The van der Waals surface area contributed by atoms with Crippen LogP contribution < -0.4 is 4.90 Å². The summed E-state index contributed by atoms with van der Waals surface area (Å²) in [6.07, 6.45) is 3.12. The van der Waals surface area contributed by atoms with Gasteiger partial charge in [-0.25, -0.2) is 18.7 Å². The molecule has 188 valence electrons. The molecule has 4 aromatic rings. The smallest absolute Gasteiger partial charge is 0.229 e. The summed E-state index contributed by atoms with van der Waals surface area (Å²) in [5, 5.41) is 13.8. The minimum Gasteiger partial charge on any atom is -0.396 e. The Balaban J connectivity index is 1.43. The van der Waals surface area contributed by atoms with Crippen molar-refractivity contribution in [3.63, 3.8) is 0 Å². The second kappa shape index (κ2) is 10.5. The van der Waals surface area contributed by atoms with Gasteiger partial charge in [0, 0.05) is 46.5 Å². The lowest BCUT2D eigenvalue weighted by molar-refractivity contribution is 0.322. The van der Waals surface area contributed by atoms with Gasteiger partial charge in [0.1, 0.15) is 23.8 Å². The van der Waals surface area contributed by atoms with Crippen LogP contribution in [0.4, 0.5) is 14.6 Å². The molecule has 0 amide bonds. The molecule has 1 aliphatic heterocycles. The Morgan fingerprint density at radius 3 is 2.64 bits per heavy atom. The monoisotopic (exact) mass is 511 g/mol. The number of aliphatic hydroxyl groups excluding tert-OH is 1. The van der Waals surface area contributed by atoms with E-state index in [0.29, 0.717) is 57.5 Å². The summed E-state index contributed by atoms with van der Waals surface area (Å²) < 4.78 is 34.9. The van der Waals surface area contributed by atoms with Gasteiger partial charge >= 0.3 is 0 Å². The van der Waals surface area contributed by atoms with Gasteiger partial charge in [0.2, 0.25) is 5.89 Å². The van der Waals surface area contributed by atoms with Gasteiger partial charge in [-0.3, -0.25) is 0 Å². The second-order valence-corrected chi connectivity index (χ2v) is 10.3. The molecule has 10 heteroatoms. The molecule has 0 bridgehead atoms. The quantitative estimate of drug-likeness (QED) is 0.323. The lowest BCUT2D eigenvalue weighted by atomic mass is 9.95. The van der Waals surface area contributed by atoms with E-state index < -0.39 is 11.6 Å². The van der Waals surface area contributed by atoms with Crippen LogP contribution in [0.15, 0.2) is 46.1 Å². The summed E-state index contributed by atoms with van der Waals surface area (Å²) >= 11 is 1.23. The Kier molecular flexibility index (Phi) is 7.15. The molecular weight excluding hydrogens is 484 g/mol. The van der Waals surface area contributed by atoms with Gasteiger partial charge in [-0.05, 0) is 42.7 Å². The minimum atomic E-state index is -0.435. The third-order valence-electron chi connectivity index (χ3n) is 6.39.